The molecule has 0 spiro atoms. The van der Waals surface area contributed by atoms with Crippen LogP contribution >= 0.6 is 12.2 Å². The molecule has 102 valence electrons. The molecule has 3 nitrogen and oxygen atoms in total. The first-order chi connectivity index (χ1) is 9.70. The lowest BCUT2D eigenvalue weighted by Crippen LogP contribution is -2.05. The van der Waals surface area contributed by atoms with Gasteiger partial charge < -0.3 is 9.55 Å². The van der Waals surface area contributed by atoms with Crippen LogP contribution in [0, 0.1) is 11.7 Å². The number of benzene rings is 1. The van der Waals surface area contributed by atoms with Crippen molar-refractivity contribution in [1.29, 1.82) is 0 Å². The molecule has 2 heterocycles. The molecule has 0 atom stereocenters. The van der Waals surface area contributed by atoms with Gasteiger partial charge in [-0.2, -0.15) is 0 Å². The molecular formula is C16H17N3S. The Morgan fingerprint density at radius 1 is 1.25 bits per heavy atom. The van der Waals surface area contributed by atoms with Crippen LogP contribution < -0.4 is 0 Å². The lowest BCUT2D eigenvalue weighted by atomic mass is 10.1. The number of aromatic nitrogens is 3. The second kappa shape index (κ2) is 5.21. The summed E-state index contributed by atoms with van der Waals surface area (Å²) in [7, 11) is 0. The summed E-state index contributed by atoms with van der Waals surface area (Å²) in [5.74, 6) is 0. The van der Waals surface area contributed by atoms with E-state index >= 15 is 0 Å². The average molecular weight is 283 g/mol. The van der Waals surface area contributed by atoms with Crippen LogP contribution in [0.4, 0.5) is 0 Å². The predicted molar refractivity (Wildman–Crippen MR) is 84.6 cm³/mol. The van der Waals surface area contributed by atoms with Gasteiger partial charge in [0.25, 0.3) is 0 Å². The molecule has 0 aliphatic heterocycles. The van der Waals surface area contributed by atoms with Gasteiger partial charge in [-0.1, -0.05) is 25.1 Å². The van der Waals surface area contributed by atoms with Gasteiger partial charge in [0.2, 0.25) is 0 Å². The molecule has 0 saturated heterocycles. The molecule has 1 N–H and O–H groups in total. The molecule has 0 fully saturated rings. The van der Waals surface area contributed by atoms with Crippen molar-refractivity contribution in [3.63, 3.8) is 0 Å². The molecule has 2 aromatic heterocycles. The maximum absolute atomic E-state index is 5.47. The van der Waals surface area contributed by atoms with Gasteiger partial charge in [0.15, 0.2) is 4.77 Å². The van der Waals surface area contributed by atoms with Gasteiger partial charge in [0.1, 0.15) is 0 Å². The molecule has 20 heavy (non-hydrogen) atoms. The number of pyridine rings is 1. The zero-order chi connectivity index (χ0) is 14.1. The SMILES string of the molecule is CCc1cccnc1Cn1c(=S)[nH]c2c(C)cccc21. The van der Waals surface area contributed by atoms with Gasteiger partial charge in [-0.05, 0) is 48.8 Å². The Morgan fingerprint density at radius 3 is 2.90 bits per heavy atom. The van der Waals surface area contributed by atoms with E-state index < -0.39 is 0 Å². The van der Waals surface area contributed by atoms with Crippen molar-refractivity contribution in [2.24, 2.45) is 0 Å². The summed E-state index contributed by atoms with van der Waals surface area (Å²) >= 11 is 5.47. The molecule has 0 aliphatic carbocycles. The number of hydrogen-bond donors (Lipinski definition) is 1. The number of nitrogens with zero attached hydrogens (tertiary/aromatic N) is 2. The molecule has 3 rings (SSSR count). The first-order valence-corrected chi connectivity index (χ1v) is 7.22. The van der Waals surface area contributed by atoms with Crippen molar-refractivity contribution in [1.82, 2.24) is 14.5 Å². The molecule has 0 unspecified atom stereocenters. The molecule has 0 saturated carbocycles. The highest BCUT2D eigenvalue weighted by Gasteiger charge is 2.09. The van der Waals surface area contributed by atoms with Crippen molar-refractivity contribution in [2.75, 3.05) is 0 Å². The molecule has 3 aromatic rings. The van der Waals surface area contributed by atoms with Crippen LogP contribution in [-0.2, 0) is 13.0 Å². The highest BCUT2D eigenvalue weighted by Crippen LogP contribution is 2.19. The predicted octanol–water partition coefficient (Wildman–Crippen LogP) is 4.01. The number of fused-ring (bicyclic) bond motifs is 1. The van der Waals surface area contributed by atoms with Gasteiger partial charge in [0.05, 0.1) is 23.3 Å². The molecule has 0 radical (unpaired) electrons. The number of hydrogen-bond acceptors (Lipinski definition) is 2. The highest BCUT2D eigenvalue weighted by atomic mass is 32.1. The van der Waals surface area contributed by atoms with Crippen molar-refractivity contribution in [3.8, 4) is 0 Å². The lowest BCUT2D eigenvalue weighted by molar-refractivity contribution is 0.771. The van der Waals surface area contributed by atoms with E-state index in [4.69, 9.17) is 12.2 Å². The third kappa shape index (κ3) is 2.16. The number of imidazole rings is 1. The zero-order valence-corrected chi connectivity index (χ0v) is 12.5. The van der Waals surface area contributed by atoms with E-state index in [2.05, 4.69) is 52.6 Å². The van der Waals surface area contributed by atoms with Crippen LogP contribution in [0.2, 0.25) is 0 Å². The number of rotatable bonds is 3. The first-order valence-electron chi connectivity index (χ1n) is 6.81. The van der Waals surface area contributed by atoms with Crippen LogP contribution in [0.1, 0.15) is 23.7 Å². The first kappa shape index (κ1) is 13.1. The number of H-pyrrole nitrogens is 1. The molecule has 4 heteroatoms. The fourth-order valence-electron chi connectivity index (χ4n) is 2.57. The second-order valence-electron chi connectivity index (χ2n) is 4.95. The molecule has 1 aromatic carbocycles. The van der Waals surface area contributed by atoms with Gasteiger partial charge in [-0.25, -0.2) is 0 Å². The van der Waals surface area contributed by atoms with E-state index in [1.165, 1.54) is 11.1 Å². The minimum absolute atomic E-state index is 0.715. The summed E-state index contributed by atoms with van der Waals surface area (Å²) in [5, 5.41) is 0. The molecular weight excluding hydrogens is 266 g/mol. The summed E-state index contributed by atoms with van der Waals surface area (Å²) in [6.07, 6.45) is 2.83. The highest BCUT2D eigenvalue weighted by molar-refractivity contribution is 7.71. The molecule has 0 aliphatic rings. The van der Waals surface area contributed by atoms with Crippen LogP contribution in [0.3, 0.4) is 0 Å². The number of nitrogens with one attached hydrogen (secondary N) is 1. The third-order valence-electron chi connectivity index (χ3n) is 3.69. The van der Waals surface area contributed by atoms with Gasteiger partial charge >= 0.3 is 0 Å². The van der Waals surface area contributed by atoms with Gasteiger partial charge in [0, 0.05) is 6.20 Å². The smallest absolute Gasteiger partial charge is 0.178 e. The number of para-hydroxylation sites is 1. The summed E-state index contributed by atoms with van der Waals surface area (Å²) in [6, 6.07) is 10.4. The quantitative estimate of drug-likeness (QED) is 0.737. The monoisotopic (exact) mass is 283 g/mol. The van der Waals surface area contributed by atoms with E-state index in [0.29, 0.717) is 6.54 Å². The van der Waals surface area contributed by atoms with E-state index in [9.17, 15) is 0 Å². The second-order valence-corrected chi connectivity index (χ2v) is 5.33. The van der Waals surface area contributed by atoms with Crippen molar-refractivity contribution < 1.29 is 0 Å². The Balaban J connectivity index is 2.14. The van der Waals surface area contributed by atoms with Gasteiger partial charge in [-0.15, -0.1) is 0 Å². The maximum atomic E-state index is 5.47. The minimum atomic E-state index is 0.715. The fourth-order valence-corrected chi connectivity index (χ4v) is 2.83. The van der Waals surface area contributed by atoms with Crippen LogP contribution in [-0.4, -0.2) is 14.5 Å². The Labute approximate surface area is 123 Å². The van der Waals surface area contributed by atoms with E-state index in [-0.39, 0.29) is 0 Å². The molecule has 0 amide bonds. The fraction of sp³-hybridized carbons (Fsp3) is 0.250. The van der Waals surface area contributed by atoms with E-state index in [1.54, 1.807) is 0 Å². The Morgan fingerprint density at radius 2 is 2.10 bits per heavy atom. The minimum Gasteiger partial charge on any atom is -0.330 e. The maximum Gasteiger partial charge on any atom is 0.178 e. The van der Waals surface area contributed by atoms with Crippen LogP contribution in [0.15, 0.2) is 36.5 Å². The van der Waals surface area contributed by atoms with Crippen molar-refractivity contribution >= 4 is 23.3 Å². The standard InChI is InChI=1S/C16H17N3S/c1-3-12-7-5-9-17-13(12)10-19-14-8-4-6-11(2)15(14)18-16(19)20/h4-9H,3,10H2,1-2H3,(H,18,20). The molecule has 0 bridgehead atoms. The summed E-state index contributed by atoms with van der Waals surface area (Å²) in [4.78, 5) is 7.82. The Kier molecular flexibility index (Phi) is 3.40. The zero-order valence-electron chi connectivity index (χ0n) is 11.7. The summed E-state index contributed by atoms with van der Waals surface area (Å²) in [5.41, 5.74) is 5.84. The lowest BCUT2D eigenvalue weighted by Gasteiger charge is -2.08. The van der Waals surface area contributed by atoms with Gasteiger partial charge in [-0.3, -0.25) is 4.98 Å². The average Bonchev–Trinajstić information content (AvgIpc) is 2.78. The number of aryl methyl sites for hydroxylation is 2. The summed E-state index contributed by atoms with van der Waals surface area (Å²) < 4.78 is 2.88. The van der Waals surface area contributed by atoms with Crippen LogP contribution in [0.5, 0.6) is 0 Å². The van der Waals surface area contributed by atoms with E-state index in [0.717, 1.165) is 27.9 Å². The van der Waals surface area contributed by atoms with Crippen LogP contribution in [0.25, 0.3) is 11.0 Å². The number of aromatic amines is 1. The van der Waals surface area contributed by atoms with Crippen molar-refractivity contribution in [3.05, 3.63) is 58.1 Å². The van der Waals surface area contributed by atoms with E-state index in [1.807, 2.05) is 12.3 Å². The third-order valence-corrected chi connectivity index (χ3v) is 4.01. The Bertz CT molecular complexity index is 814. The topological polar surface area (TPSA) is 33.6 Å². The normalized spacial score (nSPS) is 11.1. The van der Waals surface area contributed by atoms with Crippen molar-refractivity contribution in [2.45, 2.75) is 26.8 Å². The largest absolute Gasteiger partial charge is 0.330 e. The Hall–Kier alpha value is -1.94. The summed E-state index contributed by atoms with van der Waals surface area (Å²) in [6.45, 7) is 4.96.